The van der Waals surface area contributed by atoms with E-state index < -0.39 is 5.97 Å². The Hall–Kier alpha value is -3.55. The molecule has 0 bridgehead atoms. The number of hydrogen-bond acceptors (Lipinski definition) is 4. The second-order valence-electron chi connectivity index (χ2n) is 9.20. The Morgan fingerprint density at radius 3 is 2.23 bits per heavy atom. The predicted octanol–water partition coefficient (Wildman–Crippen LogP) is 7.60. The first-order valence-electron chi connectivity index (χ1n) is 12.7. The number of nitrogens with one attached hydrogen (secondary N) is 2. The van der Waals surface area contributed by atoms with Crippen LogP contribution in [-0.2, 0) is 9.53 Å². The number of carbonyl (C=O) groups is 3. The van der Waals surface area contributed by atoms with Gasteiger partial charge in [0.1, 0.15) is 0 Å². The summed E-state index contributed by atoms with van der Waals surface area (Å²) in [4.78, 5) is 38.6. The summed E-state index contributed by atoms with van der Waals surface area (Å²) in [5.74, 6) is -0.285. The van der Waals surface area contributed by atoms with Crippen LogP contribution in [0.15, 0.2) is 73.4 Å². The summed E-state index contributed by atoms with van der Waals surface area (Å²) >= 11 is 12.5. The zero-order valence-electron chi connectivity index (χ0n) is 22.0. The van der Waals surface area contributed by atoms with Crippen LogP contribution in [-0.4, -0.2) is 43.0 Å². The first-order chi connectivity index (χ1) is 18.7. The molecule has 1 aliphatic heterocycles. The summed E-state index contributed by atoms with van der Waals surface area (Å²) in [6, 6.07) is 10.4. The van der Waals surface area contributed by atoms with Gasteiger partial charge in [0.2, 0.25) is 5.91 Å². The second-order valence-corrected chi connectivity index (χ2v) is 10.0. The number of urea groups is 1. The molecule has 9 heteroatoms. The highest BCUT2D eigenvalue weighted by Crippen LogP contribution is 2.34. The van der Waals surface area contributed by atoms with Gasteiger partial charge in [-0.1, -0.05) is 66.7 Å². The predicted molar refractivity (Wildman–Crippen MR) is 158 cm³/mol. The van der Waals surface area contributed by atoms with Gasteiger partial charge in [0.05, 0.1) is 28.4 Å². The lowest BCUT2D eigenvalue weighted by Crippen LogP contribution is -2.40. The molecule has 0 atom stereocenters. The minimum absolute atomic E-state index is 0.0239. The summed E-state index contributed by atoms with van der Waals surface area (Å²) in [5.41, 5.74) is 3.45. The third kappa shape index (κ3) is 8.47. The summed E-state index contributed by atoms with van der Waals surface area (Å²) in [5, 5.41) is 6.03. The van der Waals surface area contributed by atoms with E-state index >= 15 is 0 Å². The highest BCUT2D eigenvalue weighted by Gasteiger charge is 2.25. The lowest BCUT2D eigenvalue weighted by Gasteiger charge is -2.32. The van der Waals surface area contributed by atoms with Crippen molar-refractivity contribution in [2.45, 2.75) is 38.0 Å². The number of amides is 3. The molecule has 39 heavy (non-hydrogen) atoms. The monoisotopic (exact) mass is 569 g/mol. The van der Waals surface area contributed by atoms with Crippen LogP contribution in [0.3, 0.4) is 0 Å². The molecule has 1 saturated heterocycles. The Balaban J connectivity index is 1.48. The summed E-state index contributed by atoms with van der Waals surface area (Å²) < 4.78 is 4.69. The molecule has 1 fully saturated rings. The van der Waals surface area contributed by atoms with Gasteiger partial charge in [-0.3, -0.25) is 4.79 Å². The molecule has 0 saturated carbocycles. The molecular formula is C30H33Cl2N3O4. The Morgan fingerprint density at radius 1 is 1.03 bits per heavy atom. The van der Waals surface area contributed by atoms with Gasteiger partial charge in [0.15, 0.2) is 0 Å². The number of anilines is 2. The number of likely N-dealkylation sites (tertiary alicyclic amines) is 1. The number of esters is 1. The van der Waals surface area contributed by atoms with E-state index in [2.05, 4.69) is 28.5 Å². The average Bonchev–Trinajstić information content (AvgIpc) is 2.94. The zero-order chi connectivity index (χ0) is 28.4. The van der Waals surface area contributed by atoms with Crippen LogP contribution in [0.2, 0.25) is 10.0 Å². The van der Waals surface area contributed by atoms with Crippen molar-refractivity contribution in [3.63, 3.8) is 0 Å². The van der Waals surface area contributed by atoms with Crippen LogP contribution in [0.25, 0.3) is 0 Å². The van der Waals surface area contributed by atoms with Crippen molar-refractivity contribution in [2.75, 3.05) is 30.8 Å². The first kappa shape index (κ1) is 30.0. The SMILES string of the molecule is C=C/C=C(\C=C)CCCC(=O)Nc1ccc(C2CCN(C(=O)Nc3c(Cl)cc(C(=O)OC)cc3Cl)CC2)cc1. The topological polar surface area (TPSA) is 87.7 Å². The number of piperidine rings is 1. The number of benzene rings is 2. The molecule has 1 aliphatic rings. The number of ether oxygens (including phenoxy) is 1. The maximum Gasteiger partial charge on any atom is 0.337 e. The van der Waals surface area contributed by atoms with E-state index in [1.165, 1.54) is 24.8 Å². The molecular weight excluding hydrogens is 537 g/mol. The van der Waals surface area contributed by atoms with Gasteiger partial charge in [0.25, 0.3) is 0 Å². The largest absolute Gasteiger partial charge is 0.465 e. The molecule has 1 heterocycles. The number of allylic oxidation sites excluding steroid dienone is 4. The lowest BCUT2D eigenvalue weighted by atomic mass is 9.89. The summed E-state index contributed by atoms with van der Waals surface area (Å²) in [7, 11) is 1.27. The van der Waals surface area contributed by atoms with Gasteiger partial charge in [-0.05, 0) is 67.0 Å². The lowest BCUT2D eigenvalue weighted by molar-refractivity contribution is -0.116. The van der Waals surface area contributed by atoms with Gasteiger partial charge in [-0.15, -0.1) is 0 Å². The number of halogens is 2. The zero-order valence-corrected chi connectivity index (χ0v) is 23.5. The Kier molecular flexibility index (Phi) is 11.2. The highest BCUT2D eigenvalue weighted by molar-refractivity contribution is 6.40. The molecule has 2 N–H and O–H groups in total. The molecule has 3 rings (SSSR count). The smallest absolute Gasteiger partial charge is 0.337 e. The third-order valence-corrected chi connectivity index (χ3v) is 7.20. The molecule has 0 radical (unpaired) electrons. The van der Waals surface area contributed by atoms with Crippen molar-refractivity contribution >= 4 is 52.5 Å². The molecule has 0 spiro atoms. The van der Waals surface area contributed by atoms with Crippen LogP contribution >= 0.6 is 23.2 Å². The number of rotatable bonds is 10. The number of nitrogens with zero attached hydrogens (tertiary/aromatic N) is 1. The summed E-state index contributed by atoms with van der Waals surface area (Å²) in [6.07, 6.45) is 8.94. The van der Waals surface area contributed by atoms with Crippen LogP contribution in [0.5, 0.6) is 0 Å². The van der Waals surface area contributed by atoms with Crippen molar-refractivity contribution in [2.24, 2.45) is 0 Å². The molecule has 0 unspecified atom stereocenters. The van der Waals surface area contributed by atoms with E-state index in [0.29, 0.717) is 25.4 Å². The minimum atomic E-state index is -0.566. The van der Waals surface area contributed by atoms with Gasteiger partial charge in [0, 0.05) is 25.2 Å². The van der Waals surface area contributed by atoms with Crippen LogP contribution in [0.1, 0.15) is 53.9 Å². The quantitative estimate of drug-likeness (QED) is 0.228. The molecule has 3 amide bonds. The first-order valence-corrected chi connectivity index (χ1v) is 13.5. The fourth-order valence-corrected chi connectivity index (χ4v) is 5.03. The third-order valence-electron chi connectivity index (χ3n) is 6.61. The van der Waals surface area contributed by atoms with E-state index in [4.69, 9.17) is 23.2 Å². The maximum atomic E-state index is 12.9. The normalized spacial score (nSPS) is 13.9. The summed E-state index contributed by atoms with van der Waals surface area (Å²) in [6.45, 7) is 8.60. The van der Waals surface area contributed by atoms with Gasteiger partial charge >= 0.3 is 12.0 Å². The number of carbonyl (C=O) groups excluding carboxylic acids is 3. The van der Waals surface area contributed by atoms with E-state index in [-0.39, 0.29) is 33.2 Å². The Morgan fingerprint density at radius 2 is 1.67 bits per heavy atom. The van der Waals surface area contributed by atoms with Gasteiger partial charge < -0.3 is 20.3 Å². The van der Waals surface area contributed by atoms with E-state index in [1.54, 1.807) is 17.1 Å². The Labute approximate surface area is 239 Å². The molecule has 0 aromatic heterocycles. The molecule has 0 aliphatic carbocycles. The Bertz CT molecular complexity index is 1230. The number of methoxy groups -OCH3 is 1. The van der Waals surface area contributed by atoms with Crippen molar-refractivity contribution in [3.05, 3.63) is 94.5 Å². The van der Waals surface area contributed by atoms with Crippen molar-refractivity contribution in [3.8, 4) is 0 Å². The van der Waals surface area contributed by atoms with E-state index in [0.717, 1.165) is 36.9 Å². The van der Waals surface area contributed by atoms with Gasteiger partial charge in [-0.25, -0.2) is 9.59 Å². The van der Waals surface area contributed by atoms with Gasteiger partial charge in [-0.2, -0.15) is 0 Å². The minimum Gasteiger partial charge on any atom is -0.465 e. The fraction of sp³-hybridized carbons (Fsp3) is 0.300. The molecule has 7 nitrogen and oxygen atoms in total. The standard InChI is InChI=1S/C30H33Cl2N3O4/c1-4-7-20(5-2)8-6-9-27(36)33-24-12-10-21(11-13-24)22-14-16-35(17-15-22)30(38)34-28-25(31)18-23(19-26(28)32)29(37)39-3/h4-5,7,10-13,18-19,22H,1-2,6,8-9,14-17H2,3H3,(H,33,36)(H,34,38)/b20-7+. The fourth-order valence-electron chi connectivity index (χ4n) is 4.45. The maximum absolute atomic E-state index is 12.9. The van der Waals surface area contributed by atoms with Crippen LogP contribution in [0.4, 0.5) is 16.2 Å². The number of hydrogen-bond donors (Lipinski definition) is 2. The molecule has 206 valence electrons. The molecule has 2 aromatic rings. The van der Waals surface area contributed by atoms with E-state index in [1.807, 2.05) is 30.3 Å². The van der Waals surface area contributed by atoms with Crippen LogP contribution < -0.4 is 10.6 Å². The average molecular weight is 571 g/mol. The highest BCUT2D eigenvalue weighted by atomic mass is 35.5. The second kappa shape index (κ2) is 14.6. The van der Waals surface area contributed by atoms with Crippen molar-refractivity contribution in [1.29, 1.82) is 0 Å². The van der Waals surface area contributed by atoms with Crippen molar-refractivity contribution < 1.29 is 19.1 Å². The van der Waals surface area contributed by atoms with Crippen LogP contribution in [0, 0.1) is 0 Å². The molecule has 2 aromatic carbocycles. The van der Waals surface area contributed by atoms with E-state index in [9.17, 15) is 14.4 Å². The van der Waals surface area contributed by atoms with Crippen molar-refractivity contribution in [1.82, 2.24) is 4.90 Å².